The summed E-state index contributed by atoms with van der Waals surface area (Å²) < 4.78 is 1.06. The van der Waals surface area contributed by atoms with E-state index in [1.807, 2.05) is 0 Å². The predicted molar refractivity (Wildman–Crippen MR) is 71.5 cm³/mol. The molecule has 3 heteroatoms. The topological polar surface area (TPSA) is 20.2 Å². The zero-order valence-corrected chi connectivity index (χ0v) is 13.6. The lowest BCUT2D eigenvalue weighted by molar-refractivity contribution is -0.890. The maximum Gasteiger partial charge on any atom is 0.0804 e. The van der Waals surface area contributed by atoms with Gasteiger partial charge in [-0.25, -0.2) is 0 Å². The number of hydrogen-bond acceptors (Lipinski definition) is 1. The van der Waals surface area contributed by atoms with Gasteiger partial charge in [-0.2, -0.15) is 0 Å². The Morgan fingerprint density at radius 1 is 0.765 bits per heavy atom. The molecule has 0 aromatic carbocycles. The predicted octanol–water partition coefficient (Wildman–Crippen LogP) is 0.200. The van der Waals surface area contributed by atoms with E-state index >= 15 is 0 Å². The molecule has 0 unspecified atom stereocenters. The van der Waals surface area contributed by atoms with E-state index in [1.165, 1.54) is 51.5 Å². The second kappa shape index (κ2) is 12.8. The molecule has 0 heterocycles. The van der Waals surface area contributed by atoms with Gasteiger partial charge in [0, 0.05) is 13.0 Å². The number of aliphatic hydroxyl groups is 1. The largest absolute Gasteiger partial charge is 1.00 e. The standard InChI is InChI=1S/C14H32NO.BrH/c1-4-5-6-7-8-9-10-12-15(2,3)13-11-14-16;/h16H,4-14H2,1-3H3;1H/q+1;/p-1. The first-order valence-corrected chi connectivity index (χ1v) is 7.05. The number of nitrogens with zero attached hydrogens (tertiary/aromatic N) is 1. The molecule has 0 aliphatic carbocycles. The van der Waals surface area contributed by atoms with Crippen molar-refractivity contribution in [3.05, 3.63) is 0 Å². The van der Waals surface area contributed by atoms with Crippen molar-refractivity contribution in [2.75, 3.05) is 33.8 Å². The van der Waals surface area contributed by atoms with Crippen molar-refractivity contribution in [2.24, 2.45) is 0 Å². The number of hydrogen-bond donors (Lipinski definition) is 1. The molecule has 2 nitrogen and oxygen atoms in total. The van der Waals surface area contributed by atoms with E-state index in [1.54, 1.807) is 0 Å². The number of rotatable bonds is 11. The Hall–Kier alpha value is 0.400. The average molecular weight is 310 g/mol. The Balaban J connectivity index is 0. The summed E-state index contributed by atoms with van der Waals surface area (Å²) in [6, 6.07) is 0. The minimum Gasteiger partial charge on any atom is -1.00 e. The molecule has 0 rings (SSSR count). The Kier molecular flexibility index (Phi) is 14.9. The van der Waals surface area contributed by atoms with Gasteiger partial charge in [-0.15, -0.1) is 0 Å². The molecular formula is C14H32BrNO. The molecule has 0 fully saturated rings. The summed E-state index contributed by atoms with van der Waals surface area (Å²) in [6.45, 7) is 4.96. The van der Waals surface area contributed by atoms with E-state index in [-0.39, 0.29) is 17.0 Å². The summed E-state index contributed by atoms with van der Waals surface area (Å²) in [6.07, 6.45) is 10.6. The van der Waals surface area contributed by atoms with Crippen molar-refractivity contribution < 1.29 is 26.6 Å². The highest BCUT2D eigenvalue weighted by atomic mass is 79.9. The molecule has 0 aliphatic rings. The number of halogens is 1. The number of quaternary nitrogens is 1. The molecule has 106 valence electrons. The van der Waals surface area contributed by atoms with Crippen LogP contribution in [0.1, 0.15) is 58.3 Å². The van der Waals surface area contributed by atoms with E-state index in [0.29, 0.717) is 6.61 Å². The van der Waals surface area contributed by atoms with Gasteiger partial charge in [0.15, 0.2) is 0 Å². The van der Waals surface area contributed by atoms with Crippen molar-refractivity contribution >= 4 is 0 Å². The summed E-state index contributed by atoms with van der Waals surface area (Å²) in [5.41, 5.74) is 0. The van der Waals surface area contributed by atoms with Crippen LogP contribution in [0.5, 0.6) is 0 Å². The van der Waals surface area contributed by atoms with E-state index in [4.69, 9.17) is 5.11 Å². The minimum absolute atomic E-state index is 0. The Bertz CT molecular complexity index is 151. The van der Waals surface area contributed by atoms with Crippen LogP contribution in [0.25, 0.3) is 0 Å². The molecule has 0 aromatic heterocycles. The first-order chi connectivity index (χ1) is 7.62. The maximum atomic E-state index is 8.81. The van der Waals surface area contributed by atoms with E-state index in [0.717, 1.165) is 17.4 Å². The molecule has 0 bridgehead atoms. The van der Waals surface area contributed by atoms with E-state index < -0.39 is 0 Å². The van der Waals surface area contributed by atoms with Crippen LogP contribution in [0.15, 0.2) is 0 Å². The lowest BCUT2D eigenvalue weighted by Gasteiger charge is -2.29. The third kappa shape index (κ3) is 14.3. The van der Waals surface area contributed by atoms with Crippen LogP contribution in [0.4, 0.5) is 0 Å². The van der Waals surface area contributed by atoms with Gasteiger partial charge in [0.2, 0.25) is 0 Å². The fraction of sp³-hybridized carbons (Fsp3) is 1.00. The molecule has 0 spiro atoms. The van der Waals surface area contributed by atoms with Crippen LogP contribution in [0.3, 0.4) is 0 Å². The molecule has 0 radical (unpaired) electrons. The smallest absolute Gasteiger partial charge is 0.0804 e. The van der Waals surface area contributed by atoms with Crippen LogP contribution in [0, 0.1) is 0 Å². The fourth-order valence-electron chi connectivity index (χ4n) is 2.11. The zero-order chi connectivity index (χ0) is 12.3. The van der Waals surface area contributed by atoms with Crippen LogP contribution in [-0.2, 0) is 0 Å². The Morgan fingerprint density at radius 2 is 1.24 bits per heavy atom. The van der Waals surface area contributed by atoms with Crippen molar-refractivity contribution in [1.29, 1.82) is 0 Å². The van der Waals surface area contributed by atoms with Gasteiger partial charge >= 0.3 is 0 Å². The summed E-state index contributed by atoms with van der Waals surface area (Å²) in [7, 11) is 4.54. The summed E-state index contributed by atoms with van der Waals surface area (Å²) in [5.74, 6) is 0. The summed E-state index contributed by atoms with van der Waals surface area (Å²) in [4.78, 5) is 0. The normalized spacial score (nSPS) is 11.3. The molecule has 0 aliphatic heterocycles. The van der Waals surface area contributed by atoms with Gasteiger partial charge in [-0.05, 0) is 12.8 Å². The highest BCUT2D eigenvalue weighted by Gasteiger charge is 2.12. The van der Waals surface area contributed by atoms with Gasteiger partial charge in [0.1, 0.15) is 0 Å². The number of aliphatic hydroxyl groups excluding tert-OH is 1. The molecular weight excluding hydrogens is 278 g/mol. The Morgan fingerprint density at radius 3 is 1.76 bits per heavy atom. The highest BCUT2D eigenvalue weighted by molar-refractivity contribution is 4.45. The second-order valence-electron chi connectivity index (χ2n) is 5.58. The molecule has 17 heavy (non-hydrogen) atoms. The molecule has 0 aromatic rings. The van der Waals surface area contributed by atoms with Gasteiger partial charge in [0.05, 0.1) is 27.2 Å². The van der Waals surface area contributed by atoms with E-state index in [9.17, 15) is 0 Å². The second-order valence-corrected chi connectivity index (χ2v) is 5.58. The molecule has 0 saturated carbocycles. The summed E-state index contributed by atoms with van der Waals surface area (Å²) in [5, 5.41) is 8.81. The quantitative estimate of drug-likeness (QED) is 0.427. The zero-order valence-electron chi connectivity index (χ0n) is 12.1. The molecule has 1 N–H and O–H groups in total. The monoisotopic (exact) mass is 309 g/mol. The molecule has 0 atom stereocenters. The minimum atomic E-state index is 0. The SMILES string of the molecule is CCCCCCCCC[N+](C)(C)CCCO.[Br-]. The van der Waals surface area contributed by atoms with E-state index in [2.05, 4.69) is 21.0 Å². The Labute approximate surface area is 119 Å². The van der Waals surface area contributed by atoms with Crippen LogP contribution in [0.2, 0.25) is 0 Å². The van der Waals surface area contributed by atoms with Crippen molar-refractivity contribution in [3.63, 3.8) is 0 Å². The van der Waals surface area contributed by atoms with Gasteiger partial charge in [0.25, 0.3) is 0 Å². The van der Waals surface area contributed by atoms with Gasteiger partial charge < -0.3 is 26.6 Å². The number of unbranched alkanes of at least 4 members (excludes halogenated alkanes) is 6. The van der Waals surface area contributed by atoms with Crippen molar-refractivity contribution in [3.8, 4) is 0 Å². The lowest BCUT2D eigenvalue weighted by atomic mass is 10.1. The maximum absolute atomic E-state index is 8.81. The van der Waals surface area contributed by atoms with Gasteiger partial charge in [-0.3, -0.25) is 0 Å². The summed E-state index contributed by atoms with van der Waals surface area (Å²) >= 11 is 0. The molecule has 0 saturated heterocycles. The third-order valence-electron chi connectivity index (χ3n) is 3.29. The highest BCUT2D eigenvalue weighted by Crippen LogP contribution is 2.09. The lowest BCUT2D eigenvalue weighted by Crippen LogP contribution is -3.00. The van der Waals surface area contributed by atoms with Crippen molar-refractivity contribution in [1.82, 2.24) is 0 Å². The first-order valence-electron chi connectivity index (χ1n) is 7.05. The average Bonchev–Trinajstić information content (AvgIpc) is 2.25. The van der Waals surface area contributed by atoms with Crippen LogP contribution >= 0.6 is 0 Å². The van der Waals surface area contributed by atoms with Crippen LogP contribution in [-0.4, -0.2) is 43.4 Å². The molecule has 0 amide bonds. The van der Waals surface area contributed by atoms with Crippen LogP contribution < -0.4 is 17.0 Å². The third-order valence-corrected chi connectivity index (χ3v) is 3.29. The van der Waals surface area contributed by atoms with Gasteiger partial charge in [-0.1, -0.05) is 39.0 Å². The fourth-order valence-corrected chi connectivity index (χ4v) is 2.11. The van der Waals surface area contributed by atoms with Crippen molar-refractivity contribution in [2.45, 2.75) is 58.3 Å². The first kappa shape index (κ1) is 19.7.